The van der Waals surface area contributed by atoms with E-state index in [1.807, 2.05) is 6.34 Å². The van der Waals surface area contributed by atoms with E-state index in [2.05, 4.69) is 27.5 Å². The van der Waals surface area contributed by atoms with Crippen LogP contribution in [0.1, 0.15) is 0 Å². The van der Waals surface area contributed by atoms with E-state index >= 15 is 0 Å². The molecule has 0 fully saturated rings. The van der Waals surface area contributed by atoms with Crippen molar-refractivity contribution in [2.24, 2.45) is 4.99 Å². The third-order valence-corrected chi connectivity index (χ3v) is 2.94. The highest BCUT2D eigenvalue weighted by molar-refractivity contribution is 7.07. The van der Waals surface area contributed by atoms with Crippen molar-refractivity contribution in [3.05, 3.63) is 21.2 Å². The number of thiophene rings is 1. The van der Waals surface area contributed by atoms with Crippen LogP contribution in [0.2, 0.25) is 0 Å². The average Bonchev–Trinajstić information content (AvgIpc) is 2.58. The normalized spacial score (nSPS) is 18.5. The van der Waals surface area contributed by atoms with E-state index < -0.39 is 0 Å². The molecule has 0 aliphatic carbocycles. The Bertz CT molecular complexity index is 441. The van der Waals surface area contributed by atoms with Crippen molar-refractivity contribution in [1.82, 2.24) is 4.90 Å². The van der Waals surface area contributed by atoms with Gasteiger partial charge < -0.3 is 4.90 Å². The number of nitrogens with zero attached hydrogens (tertiary/aromatic N) is 2. The Hall–Kier alpha value is -1.09. The van der Waals surface area contributed by atoms with Crippen LogP contribution in [-0.4, -0.2) is 17.8 Å². The van der Waals surface area contributed by atoms with Crippen LogP contribution < -0.4 is 9.75 Å². The van der Waals surface area contributed by atoms with Gasteiger partial charge in [0.2, 0.25) is 0 Å². The monoisotopic (exact) mass is 162 g/mol. The number of hydrogen-bond donors (Lipinski definition) is 0. The van der Waals surface area contributed by atoms with Crippen molar-refractivity contribution in [3.8, 4) is 0 Å². The molecule has 0 aromatic carbocycles. The van der Waals surface area contributed by atoms with Gasteiger partial charge in [-0.3, -0.25) is 0 Å². The van der Waals surface area contributed by atoms with Gasteiger partial charge in [-0.15, -0.1) is 11.3 Å². The zero-order valence-corrected chi connectivity index (χ0v) is 6.64. The van der Waals surface area contributed by atoms with Crippen LogP contribution in [0.15, 0.2) is 16.4 Å². The van der Waals surface area contributed by atoms with E-state index in [0.29, 0.717) is 0 Å². The summed E-state index contributed by atoms with van der Waals surface area (Å²) in [6.07, 6.45) is 4.04. The molecule has 11 heavy (non-hydrogen) atoms. The molecule has 0 saturated heterocycles. The summed E-state index contributed by atoms with van der Waals surface area (Å²) in [7, 11) is 0. The topological polar surface area (TPSA) is 15.6 Å². The highest BCUT2D eigenvalue weighted by atomic mass is 32.1. The highest BCUT2D eigenvalue weighted by Crippen LogP contribution is 2.10. The first-order valence-corrected chi connectivity index (χ1v) is 4.40. The Morgan fingerprint density at radius 2 is 2.55 bits per heavy atom. The van der Waals surface area contributed by atoms with Crippen molar-refractivity contribution in [1.29, 1.82) is 0 Å². The van der Waals surface area contributed by atoms with E-state index in [1.165, 1.54) is 15.4 Å². The average molecular weight is 162 g/mol. The molecule has 2 nitrogen and oxygen atoms in total. The minimum absolute atomic E-state index is 0.966. The van der Waals surface area contributed by atoms with Crippen LogP contribution in [0.5, 0.6) is 0 Å². The predicted octanol–water partition coefficient (Wildman–Crippen LogP) is -0.0482. The molecule has 54 valence electrons. The van der Waals surface area contributed by atoms with Gasteiger partial charge in [0.15, 0.2) is 0 Å². The summed E-state index contributed by atoms with van der Waals surface area (Å²) in [6.45, 7) is 0.966. The Kier molecular flexibility index (Phi) is 0.876. The first kappa shape index (κ1) is 5.55. The number of rotatable bonds is 0. The van der Waals surface area contributed by atoms with Crippen molar-refractivity contribution in [3.63, 3.8) is 0 Å². The van der Waals surface area contributed by atoms with Crippen LogP contribution in [0.4, 0.5) is 0 Å². The molecule has 3 heterocycles. The van der Waals surface area contributed by atoms with Crippen LogP contribution in [0.3, 0.4) is 0 Å². The molecular formula is C8H6N2S. The van der Waals surface area contributed by atoms with E-state index in [9.17, 15) is 0 Å². The van der Waals surface area contributed by atoms with Crippen molar-refractivity contribution in [2.45, 2.75) is 0 Å². The van der Waals surface area contributed by atoms with Gasteiger partial charge in [0, 0.05) is 11.4 Å². The molecule has 0 radical (unpaired) electrons. The van der Waals surface area contributed by atoms with E-state index in [-0.39, 0.29) is 0 Å². The quantitative estimate of drug-likeness (QED) is 0.522. The fourth-order valence-electron chi connectivity index (χ4n) is 1.44. The summed E-state index contributed by atoms with van der Waals surface area (Å²) in [5, 5.41) is 3.43. The maximum absolute atomic E-state index is 4.31. The van der Waals surface area contributed by atoms with Gasteiger partial charge in [0.1, 0.15) is 0 Å². The number of hydrogen-bond acceptors (Lipinski definition) is 3. The molecule has 0 spiro atoms. The van der Waals surface area contributed by atoms with Crippen molar-refractivity contribution in [2.75, 3.05) is 6.54 Å². The SMILES string of the molecule is C1=NC2=c3sccc3=CN1C2. The molecule has 0 unspecified atom stereocenters. The molecule has 0 atom stereocenters. The Labute approximate surface area is 67.8 Å². The minimum atomic E-state index is 0.966. The van der Waals surface area contributed by atoms with Gasteiger partial charge in [-0.25, -0.2) is 4.99 Å². The maximum atomic E-state index is 4.31. The van der Waals surface area contributed by atoms with E-state index in [1.54, 1.807) is 11.3 Å². The summed E-state index contributed by atoms with van der Waals surface area (Å²) in [6, 6.07) is 2.14. The molecule has 1 aromatic heterocycles. The molecule has 0 saturated carbocycles. The molecule has 2 aliphatic rings. The van der Waals surface area contributed by atoms with Crippen molar-refractivity contribution >= 4 is 29.6 Å². The van der Waals surface area contributed by atoms with E-state index in [4.69, 9.17) is 0 Å². The van der Waals surface area contributed by atoms with Crippen molar-refractivity contribution < 1.29 is 0 Å². The lowest BCUT2D eigenvalue weighted by molar-refractivity contribution is 0.718. The van der Waals surface area contributed by atoms with E-state index in [0.717, 1.165) is 6.54 Å². The smallest absolute Gasteiger partial charge is 0.0953 e. The zero-order chi connectivity index (χ0) is 7.26. The summed E-state index contributed by atoms with van der Waals surface area (Å²) >= 11 is 1.78. The lowest BCUT2D eigenvalue weighted by Gasteiger charge is -2.08. The van der Waals surface area contributed by atoms with Crippen LogP contribution in [0.25, 0.3) is 11.9 Å². The summed E-state index contributed by atoms with van der Waals surface area (Å²) in [4.78, 5) is 6.42. The summed E-state index contributed by atoms with van der Waals surface area (Å²) in [5.74, 6) is 0. The van der Waals surface area contributed by atoms with Gasteiger partial charge >= 0.3 is 0 Å². The molecule has 0 amide bonds. The second-order valence-electron chi connectivity index (χ2n) is 2.70. The van der Waals surface area contributed by atoms with Crippen LogP contribution in [0, 0.1) is 0 Å². The van der Waals surface area contributed by atoms with Crippen LogP contribution >= 0.6 is 11.3 Å². The molecule has 3 rings (SSSR count). The molecule has 1 aromatic rings. The summed E-state index contributed by atoms with van der Waals surface area (Å²) < 4.78 is 1.34. The zero-order valence-electron chi connectivity index (χ0n) is 5.82. The first-order chi connectivity index (χ1) is 5.43. The van der Waals surface area contributed by atoms with Gasteiger partial charge in [-0.2, -0.15) is 0 Å². The Balaban J connectivity index is 2.59. The second-order valence-corrected chi connectivity index (χ2v) is 3.61. The standard InChI is InChI=1S/C8H6N2S/c1-2-11-8-6(1)3-10-4-7(8)9-5-10/h1-3,5H,4H2. The Morgan fingerprint density at radius 1 is 1.55 bits per heavy atom. The second kappa shape index (κ2) is 1.74. The molecule has 3 heteroatoms. The fourth-order valence-corrected chi connectivity index (χ4v) is 2.30. The Morgan fingerprint density at radius 3 is 3.55 bits per heavy atom. The third kappa shape index (κ3) is 0.634. The molecule has 2 aliphatic heterocycles. The molecular weight excluding hydrogens is 156 g/mol. The number of fused-ring (bicyclic) bond motifs is 3. The van der Waals surface area contributed by atoms with Gasteiger partial charge in [-0.1, -0.05) is 0 Å². The minimum Gasteiger partial charge on any atom is -0.332 e. The predicted molar refractivity (Wildman–Crippen MR) is 46.6 cm³/mol. The largest absolute Gasteiger partial charge is 0.332 e. The highest BCUT2D eigenvalue weighted by Gasteiger charge is 2.14. The molecule has 2 bridgehead atoms. The lowest BCUT2D eigenvalue weighted by Crippen LogP contribution is -2.30. The number of aliphatic imine (C=N–C) groups is 1. The fraction of sp³-hybridized carbons (Fsp3) is 0.125. The molecule has 0 N–H and O–H groups in total. The van der Waals surface area contributed by atoms with Gasteiger partial charge in [0.25, 0.3) is 0 Å². The lowest BCUT2D eigenvalue weighted by atomic mass is 10.3. The van der Waals surface area contributed by atoms with Gasteiger partial charge in [0.05, 0.1) is 23.1 Å². The first-order valence-electron chi connectivity index (χ1n) is 3.52. The third-order valence-electron chi connectivity index (χ3n) is 1.96. The van der Waals surface area contributed by atoms with Crippen LogP contribution in [-0.2, 0) is 0 Å². The van der Waals surface area contributed by atoms with Gasteiger partial charge in [-0.05, 0) is 11.4 Å². The maximum Gasteiger partial charge on any atom is 0.0953 e. The summed E-state index contributed by atoms with van der Waals surface area (Å²) in [5.41, 5.74) is 1.22.